The molecule has 0 bridgehead atoms. The lowest BCUT2D eigenvalue weighted by atomic mass is 10.1. The normalized spacial score (nSPS) is 12.6. The Hall–Kier alpha value is -0.800. The largest absolute Gasteiger partial charge is 0.496 e. The molecular weight excluding hydrogens is 205 g/mol. The van der Waals surface area contributed by atoms with Gasteiger partial charge < -0.3 is 10.5 Å². The van der Waals surface area contributed by atoms with Gasteiger partial charge in [0.15, 0.2) is 0 Å². The summed E-state index contributed by atoms with van der Waals surface area (Å²) in [5.41, 5.74) is 5.68. The third-order valence-corrected chi connectivity index (χ3v) is 2.30. The molecule has 0 radical (unpaired) electrons. The Bertz CT molecular complexity index is 306. The lowest BCUT2D eigenvalue weighted by Crippen LogP contribution is -2.05. The van der Waals surface area contributed by atoms with E-state index in [1.165, 1.54) is 7.11 Å². The zero-order chi connectivity index (χ0) is 10.6. The van der Waals surface area contributed by atoms with Crippen molar-refractivity contribution in [1.29, 1.82) is 0 Å². The van der Waals surface area contributed by atoms with Gasteiger partial charge in [0.25, 0.3) is 0 Å². The number of methoxy groups -OCH3 is 1. The fraction of sp³-hybridized carbons (Fsp3) is 0.400. The van der Waals surface area contributed by atoms with Crippen LogP contribution in [0, 0.1) is 0 Å². The monoisotopic (exact) mass is 217 g/mol. The average Bonchev–Trinajstić information content (AvgIpc) is 2.17. The van der Waals surface area contributed by atoms with E-state index in [4.69, 9.17) is 22.1 Å². The molecule has 0 saturated carbocycles. The van der Waals surface area contributed by atoms with Crippen molar-refractivity contribution in [3.63, 3.8) is 0 Å². The Morgan fingerprint density at radius 2 is 2.29 bits per heavy atom. The van der Waals surface area contributed by atoms with Crippen LogP contribution in [-0.2, 0) is 0 Å². The van der Waals surface area contributed by atoms with Gasteiger partial charge in [-0.3, -0.25) is 0 Å². The number of benzene rings is 1. The summed E-state index contributed by atoms with van der Waals surface area (Å²) in [5, 5.41) is 0.380. The molecule has 0 aliphatic heterocycles. The predicted octanol–water partition coefficient (Wildman–Crippen LogP) is 2.71. The first kappa shape index (κ1) is 11.3. The fourth-order valence-corrected chi connectivity index (χ4v) is 1.57. The Kier molecular flexibility index (Phi) is 4.17. The summed E-state index contributed by atoms with van der Waals surface area (Å²) in [5.74, 6) is 0.471. The van der Waals surface area contributed by atoms with Gasteiger partial charge in [0, 0.05) is 5.56 Å². The lowest BCUT2D eigenvalue weighted by molar-refractivity contribution is 0.311. The SMILES string of the molecule is COc1cccc(Cl)c1C(F)CCN. The summed E-state index contributed by atoms with van der Waals surface area (Å²) in [6, 6.07) is 5.05. The minimum absolute atomic E-state index is 0.250. The molecule has 1 unspecified atom stereocenters. The number of ether oxygens (including phenoxy) is 1. The molecule has 1 rings (SSSR count). The van der Waals surface area contributed by atoms with Gasteiger partial charge >= 0.3 is 0 Å². The van der Waals surface area contributed by atoms with Gasteiger partial charge in [0.05, 0.1) is 12.1 Å². The van der Waals surface area contributed by atoms with E-state index in [2.05, 4.69) is 0 Å². The van der Waals surface area contributed by atoms with Gasteiger partial charge in [-0.15, -0.1) is 0 Å². The molecule has 0 amide bonds. The van der Waals surface area contributed by atoms with Crippen molar-refractivity contribution in [2.45, 2.75) is 12.6 Å². The highest BCUT2D eigenvalue weighted by atomic mass is 35.5. The van der Waals surface area contributed by atoms with Crippen molar-refractivity contribution in [3.8, 4) is 5.75 Å². The quantitative estimate of drug-likeness (QED) is 0.842. The van der Waals surface area contributed by atoms with Crippen molar-refractivity contribution in [3.05, 3.63) is 28.8 Å². The van der Waals surface area contributed by atoms with Crippen LogP contribution in [0.15, 0.2) is 18.2 Å². The summed E-state index contributed by atoms with van der Waals surface area (Å²) >= 11 is 5.88. The molecule has 2 N–H and O–H groups in total. The Morgan fingerprint density at radius 3 is 2.86 bits per heavy atom. The highest BCUT2D eigenvalue weighted by Gasteiger charge is 2.17. The van der Waals surface area contributed by atoms with E-state index in [1.54, 1.807) is 18.2 Å². The van der Waals surface area contributed by atoms with Crippen molar-refractivity contribution >= 4 is 11.6 Å². The second-order valence-corrected chi connectivity index (χ2v) is 3.31. The van der Waals surface area contributed by atoms with Crippen LogP contribution >= 0.6 is 11.6 Å². The summed E-state index contributed by atoms with van der Waals surface area (Å²) in [6.07, 6.45) is -0.913. The maximum Gasteiger partial charge on any atom is 0.131 e. The maximum absolute atomic E-state index is 13.6. The van der Waals surface area contributed by atoms with Crippen LogP contribution in [0.2, 0.25) is 5.02 Å². The van der Waals surface area contributed by atoms with E-state index in [1.807, 2.05) is 0 Å². The standard InChI is InChI=1S/C10H13ClFNO/c1-14-9-4-2-3-7(11)10(9)8(12)5-6-13/h2-4,8H,5-6,13H2,1H3. The summed E-state index contributed by atoms with van der Waals surface area (Å²) in [7, 11) is 1.49. The maximum atomic E-state index is 13.6. The van der Waals surface area contributed by atoms with E-state index < -0.39 is 6.17 Å². The van der Waals surface area contributed by atoms with Gasteiger partial charge in [-0.1, -0.05) is 17.7 Å². The zero-order valence-electron chi connectivity index (χ0n) is 7.97. The van der Waals surface area contributed by atoms with Crippen molar-refractivity contribution in [2.75, 3.05) is 13.7 Å². The summed E-state index contributed by atoms with van der Waals surface area (Å²) in [4.78, 5) is 0. The van der Waals surface area contributed by atoms with E-state index in [0.29, 0.717) is 16.3 Å². The number of hydrogen-bond donors (Lipinski definition) is 1. The second kappa shape index (κ2) is 5.17. The van der Waals surface area contributed by atoms with Crippen molar-refractivity contribution < 1.29 is 9.13 Å². The van der Waals surface area contributed by atoms with E-state index in [-0.39, 0.29) is 13.0 Å². The molecule has 2 nitrogen and oxygen atoms in total. The van der Waals surface area contributed by atoms with Crippen LogP contribution in [0.4, 0.5) is 4.39 Å². The molecule has 14 heavy (non-hydrogen) atoms. The van der Waals surface area contributed by atoms with Crippen LogP contribution in [0.1, 0.15) is 18.2 Å². The van der Waals surface area contributed by atoms with Crippen LogP contribution in [0.25, 0.3) is 0 Å². The third kappa shape index (κ3) is 2.36. The van der Waals surface area contributed by atoms with E-state index in [0.717, 1.165) is 0 Å². The van der Waals surface area contributed by atoms with E-state index >= 15 is 0 Å². The molecule has 1 atom stereocenters. The molecule has 1 aromatic carbocycles. The van der Waals surface area contributed by atoms with Gasteiger partial charge in [-0.25, -0.2) is 4.39 Å². The van der Waals surface area contributed by atoms with Crippen LogP contribution in [-0.4, -0.2) is 13.7 Å². The van der Waals surface area contributed by atoms with Crippen LogP contribution in [0.3, 0.4) is 0 Å². The molecule has 0 fully saturated rings. The topological polar surface area (TPSA) is 35.2 Å². The van der Waals surface area contributed by atoms with Gasteiger partial charge in [-0.2, -0.15) is 0 Å². The minimum atomic E-state index is -1.16. The molecule has 0 aliphatic carbocycles. The Labute approximate surface area is 87.8 Å². The molecule has 0 aliphatic rings. The number of halogens is 2. The molecule has 78 valence electrons. The molecule has 0 spiro atoms. The van der Waals surface area contributed by atoms with Crippen molar-refractivity contribution in [1.82, 2.24) is 0 Å². The first-order valence-electron chi connectivity index (χ1n) is 4.37. The van der Waals surface area contributed by atoms with Crippen LogP contribution < -0.4 is 10.5 Å². The molecule has 4 heteroatoms. The predicted molar refractivity (Wildman–Crippen MR) is 55.5 cm³/mol. The fourth-order valence-electron chi connectivity index (χ4n) is 1.29. The molecule has 0 aromatic heterocycles. The highest BCUT2D eigenvalue weighted by molar-refractivity contribution is 6.31. The van der Waals surface area contributed by atoms with Gasteiger partial charge in [0.2, 0.25) is 0 Å². The third-order valence-electron chi connectivity index (χ3n) is 1.97. The second-order valence-electron chi connectivity index (χ2n) is 2.90. The number of nitrogens with two attached hydrogens (primary N) is 1. The first-order valence-corrected chi connectivity index (χ1v) is 4.75. The van der Waals surface area contributed by atoms with Gasteiger partial charge in [0.1, 0.15) is 11.9 Å². The molecule has 0 saturated heterocycles. The molecule has 0 heterocycles. The van der Waals surface area contributed by atoms with Gasteiger partial charge in [-0.05, 0) is 25.1 Å². The Morgan fingerprint density at radius 1 is 1.57 bits per heavy atom. The summed E-state index contributed by atoms with van der Waals surface area (Å²) < 4.78 is 18.6. The summed E-state index contributed by atoms with van der Waals surface area (Å²) in [6.45, 7) is 0.287. The van der Waals surface area contributed by atoms with E-state index in [9.17, 15) is 4.39 Å². The average molecular weight is 218 g/mol. The highest BCUT2D eigenvalue weighted by Crippen LogP contribution is 2.35. The van der Waals surface area contributed by atoms with Crippen molar-refractivity contribution in [2.24, 2.45) is 5.73 Å². The molecule has 1 aromatic rings. The molecular formula is C10H13ClFNO. The number of rotatable bonds is 4. The smallest absolute Gasteiger partial charge is 0.131 e. The Balaban J connectivity index is 3.03. The number of hydrogen-bond acceptors (Lipinski definition) is 2. The van der Waals surface area contributed by atoms with Crippen LogP contribution in [0.5, 0.6) is 5.75 Å². The zero-order valence-corrected chi connectivity index (χ0v) is 8.72. The number of alkyl halides is 1. The minimum Gasteiger partial charge on any atom is -0.496 e. The lowest BCUT2D eigenvalue weighted by Gasteiger charge is -2.13. The first-order chi connectivity index (χ1) is 6.70.